The summed E-state index contributed by atoms with van der Waals surface area (Å²) in [4.78, 5) is 31.2. The van der Waals surface area contributed by atoms with Gasteiger partial charge in [0.25, 0.3) is 0 Å². The number of ether oxygens (including phenoxy) is 1. The van der Waals surface area contributed by atoms with Crippen LogP contribution in [0.2, 0.25) is 5.02 Å². The molecule has 0 atom stereocenters. The van der Waals surface area contributed by atoms with Gasteiger partial charge >= 0.3 is 6.09 Å². The van der Waals surface area contributed by atoms with E-state index in [0.717, 1.165) is 54.7 Å². The molecule has 1 aliphatic heterocycles. The Morgan fingerprint density at radius 2 is 1.94 bits per heavy atom. The van der Waals surface area contributed by atoms with Gasteiger partial charge in [-0.05, 0) is 74.8 Å². The number of ketones is 1. The normalized spacial score (nSPS) is 15.1. The minimum atomic E-state index is -0.448. The lowest BCUT2D eigenvalue weighted by Crippen LogP contribution is -2.37. The zero-order chi connectivity index (χ0) is 21.6. The number of thiazole rings is 1. The summed E-state index contributed by atoms with van der Waals surface area (Å²) in [5.74, 6) is 0.267. The van der Waals surface area contributed by atoms with Crippen LogP contribution in [0.15, 0.2) is 48.0 Å². The lowest BCUT2D eigenvalue weighted by Gasteiger charge is -2.31. The first-order valence-corrected chi connectivity index (χ1v) is 11.6. The van der Waals surface area contributed by atoms with Crippen molar-refractivity contribution in [2.45, 2.75) is 19.3 Å². The molecule has 162 valence electrons. The molecule has 0 radical (unpaired) electrons. The van der Waals surface area contributed by atoms with E-state index in [9.17, 15) is 9.59 Å². The molecule has 1 aliphatic rings. The average molecular weight is 458 g/mol. The van der Waals surface area contributed by atoms with Crippen molar-refractivity contribution in [2.75, 3.05) is 31.6 Å². The fraction of sp³-hybridized carbons (Fsp3) is 0.348. The minimum absolute atomic E-state index is 0.0651. The smallest absolute Gasteiger partial charge is 0.411 e. The lowest BCUT2D eigenvalue weighted by molar-refractivity contribution is 0.0830. The first-order chi connectivity index (χ1) is 15.1. The molecule has 0 unspecified atom stereocenters. The Labute approximate surface area is 190 Å². The molecule has 4 rings (SSSR count). The standard InChI is InChI=1S/C23H24ClN3O3S/c24-18-4-2-16(3-5-18)22(28)17-8-11-27(12-9-17)10-1-13-30-23(29)26-19-6-7-20-21(14-19)31-15-25-20/h2-7,14-15,17H,1,8-13H2,(H,26,29). The third-order valence-electron chi connectivity index (χ3n) is 5.52. The number of fused-ring (bicyclic) bond motifs is 1. The zero-order valence-corrected chi connectivity index (χ0v) is 18.6. The maximum atomic E-state index is 12.6. The minimum Gasteiger partial charge on any atom is -0.449 e. The highest BCUT2D eigenvalue weighted by Crippen LogP contribution is 2.23. The SMILES string of the molecule is O=C(Nc1ccc2ncsc2c1)OCCCN1CCC(C(=O)c2ccc(Cl)cc2)CC1. The van der Waals surface area contributed by atoms with Gasteiger partial charge in [-0.15, -0.1) is 11.3 Å². The predicted molar refractivity (Wildman–Crippen MR) is 124 cm³/mol. The van der Waals surface area contributed by atoms with E-state index in [1.165, 1.54) is 11.3 Å². The molecule has 1 saturated heterocycles. The van der Waals surface area contributed by atoms with Gasteiger partial charge in [-0.1, -0.05) is 11.6 Å². The molecule has 0 bridgehead atoms. The Hall–Kier alpha value is -2.48. The van der Waals surface area contributed by atoms with E-state index in [-0.39, 0.29) is 11.7 Å². The van der Waals surface area contributed by atoms with Gasteiger partial charge in [-0.25, -0.2) is 9.78 Å². The number of anilines is 1. The van der Waals surface area contributed by atoms with Crippen LogP contribution in [0.5, 0.6) is 0 Å². The summed E-state index contributed by atoms with van der Waals surface area (Å²) in [5, 5.41) is 3.40. The number of likely N-dealkylation sites (tertiary alicyclic amines) is 1. The highest BCUT2D eigenvalue weighted by molar-refractivity contribution is 7.16. The summed E-state index contributed by atoms with van der Waals surface area (Å²) in [5.41, 5.74) is 4.14. The van der Waals surface area contributed by atoms with E-state index >= 15 is 0 Å². The second-order valence-corrected chi connectivity index (χ2v) is 8.96. The number of Topliss-reactive ketones (excluding diaryl/α,β-unsaturated/α-hetero) is 1. The highest BCUT2D eigenvalue weighted by Gasteiger charge is 2.25. The Bertz CT molecular complexity index is 1050. The molecular weight excluding hydrogens is 434 g/mol. The van der Waals surface area contributed by atoms with Gasteiger partial charge in [0.2, 0.25) is 0 Å². The van der Waals surface area contributed by atoms with E-state index < -0.39 is 6.09 Å². The van der Waals surface area contributed by atoms with Crippen LogP contribution in [0, 0.1) is 5.92 Å². The van der Waals surface area contributed by atoms with E-state index in [0.29, 0.717) is 17.3 Å². The quantitative estimate of drug-likeness (QED) is 0.375. The van der Waals surface area contributed by atoms with Crippen molar-refractivity contribution in [1.29, 1.82) is 0 Å². The van der Waals surface area contributed by atoms with Crippen LogP contribution in [0.4, 0.5) is 10.5 Å². The third kappa shape index (κ3) is 5.81. The summed E-state index contributed by atoms with van der Waals surface area (Å²) in [7, 11) is 0. The number of piperidine rings is 1. The Kier molecular flexibility index (Phi) is 7.17. The lowest BCUT2D eigenvalue weighted by atomic mass is 9.89. The van der Waals surface area contributed by atoms with Crippen molar-refractivity contribution in [2.24, 2.45) is 5.92 Å². The Morgan fingerprint density at radius 3 is 2.71 bits per heavy atom. The number of nitrogens with one attached hydrogen (secondary N) is 1. The number of benzene rings is 2. The number of nitrogens with zero attached hydrogens (tertiary/aromatic N) is 2. The third-order valence-corrected chi connectivity index (χ3v) is 6.56. The molecule has 8 heteroatoms. The molecule has 1 aromatic heterocycles. The molecule has 1 fully saturated rings. The van der Waals surface area contributed by atoms with Gasteiger partial charge < -0.3 is 9.64 Å². The molecule has 2 aromatic carbocycles. The molecule has 0 spiro atoms. The molecular formula is C23H24ClN3O3S. The van der Waals surface area contributed by atoms with Gasteiger partial charge in [0.05, 0.1) is 22.3 Å². The maximum absolute atomic E-state index is 12.6. The van der Waals surface area contributed by atoms with Crippen LogP contribution in [0.3, 0.4) is 0 Å². The van der Waals surface area contributed by atoms with Gasteiger partial charge in [-0.2, -0.15) is 0 Å². The Morgan fingerprint density at radius 1 is 1.16 bits per heavy atom. The topological polar surface area (TPSA) is 71.5 Å². The first kappa shape index (κ1) is 21.7. The Balaban J connectivity index is 1.13. The molecule has 6 nitrogen and oxygen atoms in total. The number of hydrogen-bond donors (Lipinski definition) is 1. The summed E-state index contributed by atoms with van der Waals surface area (Å²) >= 11 is 7.43. The highest BCUT2D eigenvalue weighted by atomic mass is 35.5. The van der Waals surface area contributed by atoms with Crippen molar-refractivity contribution in [3.05, 3.63) is 58.6 Å². The predicted octanol–water partition coefficient (Wildman–Crippen LogP) is 5.48. The molecule has 2 heterocycles. The largest absolute Gasteiger partial charge is 0.449 e. The first-order valence-electron chi connectivity index (χ1n) is 10.4. The number of aromatic nitrogens is 1. The average Bonchev–Trinajstić information content (AvgIpc) is 3.25. The molecule has 0 saturated carbocycles. The number of rotatable bonds is 7. The number of carbonyl (C=O) groups excluding carboxylic acids is 2. The summed E-state index contributed by atoms with van der Waals surface area (Å²) in [6.07, 6.45) is 2.01. The second-order valence-electron chi connectivity index (χ2n) is 7.64. The van der Waals surface area contributed by atoms with Crippen LogP contribution >= 0.6 is 22.9 Å². The van der Waals surface area contributed by atoms with E-state index in [1.54, 1.807) is 29.8 Å². The van der Waals surface area contributed by atoms with Gasteiger partial charge in [-0.3, -0.25) is 10.1 Å². The number of carbonyl (C=O) groups is 2. The van der Waals surface area contributed by atoms with Crippen molar-refractivity contribution in [3.63, 3.8) is 0 Å². The van der Waals surface area contributed by atoms with E-state index in [2.05, 4.69) is 15.2 Å². The number of amides is 1. The molecule has 1 amide bonds. The van der Waals surface area contributed by atoms with Crippen LogP contribution in [0.25, 0.3) is 10.2 Å². The van der Waals surface area contributed by atoms with Gasteiger partial charge in [0, 0.05) is 28.7 Å². The van der Waals surface area contributed by atoms with Crippen LogP contribution in [-0.2, 0) is 4.74 Å². The second kappa shape index (κ2) is 10.2. The maximum Gasteiger partial charge on any atom is 0.411 e. The van der Waals surface area contributed by atoms with Gasteiger partial charge in [0.15, 0.2) is 5.78 Å². The van der Waals surface area contributed by atoms with Crippen molar-refractivity contribution >= 4 is 50.7 Å². The molecule has 1 N–H and O–H groups in total. The van der Waals surface area contributed by atoms with Crippen molar-refractivity contribution in [1.82, 2.24) is 9.88 Å². The van der Waals surface area contributed by atoms with E-state index in [4.69, 9.17) is 16.3 Å². The van der Waals surface area contributed by atoms with Crippen molar-refractivity contribution < 1.29 is 14.3 Å². The van der Waals surface area contributed by atoms with E-state index in [1.807, 2.05) is 18.2 Å². The van der Waals surface area contributed by atoms with Crippen molar-refractivity contribution in [3.8, 4) is 0 Å². The monoisotopic (exact) mass is 457 g/mol. The summed E-state index contributed by atoms with van der Waals surface area (Å²) < 4.78 is 6.33. The zero-order valence-electron chi connectivity index (χ0n) is 17.1. The molecule has 3 aromatic rings. The fourth-order valence-electron chi connectivity index (χ4n) is 3.81. The fourth-order valence-corrected chi connectivity index (χ4v) is 4.65. The van der Waals surface area contributed by atoms with Crippen LogP contribution in [-0.4, -0.2) is 48.0 Å². The number of halogens is 1. The number of hydrogen-bond acceptors (Lipinski definition) is 6. The summed E-state index contributed by atoms with van der Waals surface area (Å²) in [6, 6.07) is 12.7. The van der Waals surface area contributed by atoms with Crippen LogP contribution in [0.1, 0.15) is 29.6 Å². The van der Waals surface area contributed by atoms with Crippen LogP contribution < -0.4 is 5.32 Å². The molecule has 0 aliphatic carbocycles. The van der Waals surface area contributed by atoms with Gasteiger partial charge in [0.1, 0.15) is 0 Å². The molecule has 31 heavy (non-hydrogen) atoms. The summed E-state index contributed by atoms with van der Waals surface area (Å²) in [6.45, 7) is 2.97.